The minimum atomic E-state index is -4.41. The lowest BCUT2D eigenvalue weighted by Gasteiger charge is -2.24. The number of phosphoric ester groups is 1. The smallest absolute Gasteiger partial charge is 0.462 e. The average molecular weight is 827 g/mol. The first-order valence-corrected chi connectivity index (χ1v) is 22.8. The summed E-state index contributed by atoms with van der Waals surface area (Å²) in [4.78, 5) is 35.3. The fourth-order valence-corrected chi connectivity index (χ4v) is 5.47. The van der Waals surface area contributed by atoms with Gasteiger partial charge in [-0.05, 0) is 89.9 Å². The van der Waals surface area contributed by atoms with Crippen LogP contribution < -0.4 is 0 Å². The van der Waals surface area contributed by atoms with Crippen molar-refractivity contribution in [3.63, 3.8) is 0 Å². The molecule has 0 amide bonds. The number of unbranched alkanes of at least 4 members (excludes halogenated alkanes) is 2. The van der Waals surface area contributed by atoms with E-state index in [0.29, 0.717) is 30.3 Å². The molecular formula is C48H77NO8P+. The number of nitrogens with zero attached hydrogens (tertiary/aromatic N) is 1. The van der Waals surface area contributed by atoms with Gasteiger partial charge >= 0.3 is 19.8 Å². The van der Waals surface area contributed by atoms with Crippen molar-refractivity contribution in [1.82, 2.24) is 0 Å². The normalized spacial score (nSPS) is 14.8. The first-order valence-electron chi connectivity index (χ1n) is 21.3. The van der Waals surface area contributed by atoms with Gasteiger partial charge in [0.2, 0.25) is 0 Å². The van der Waals surface area contributed by atoms with E-state index >= 15 is 0 Å². The number of likely N-dealkylation sites (N-methyl/N-ethyl adjacent to an activating group) is 1. The summed E-state index contributed by atoms with van der Waals surface area (Å²) in [6.07, 6.45) is 54.1. The second kappa shape index (κ2) is 38.9. The predicted molar refractivity (Wildman–Crippen MR) is 242 cm³/mol. The predicted octanol–water partition coefficient (Wildman–Crippen LogP) is 12.1. The Bertz CT molecular complexity index is 1390. The molecular weight excluding hydrogens is 750 g/mol. The quantitative estimate of drug-likeness (QED) is 0.0219. The molecule has 0 aliphatic heterocycles. The summed E-state index contributed by atoms with van der Waals surface area (Å²) in [6.45, 7) is 4.02. The van der Waals surface area contributed by atoms with E-state index in [1.54, 1.807) is 0 Å². The molecule has 10 heteroatoms. The van der Waals surface area contributed by atoms with E-state index in [1.807, 2.05) is 33.3 Å². The van der Waals surface area contributed by atoms with Gasteiger partial charge in [-0.15, -0.1) is 0 Å². The summed E-state index contributed by atoms with van der Waals surface area (Å²) in [6, 6.07) is 0. The lowest BCUT2D eigenvalue weighted by atomic mass is 10.2. The van der Waals surface area contributed by atoms with Crippen molar-refractivity contribution in [3.05, 3.63) is 122 Å². The van der Waals surface area contributed by atoms with Crippen LogP contribution >= 0.6 is 7.82 Å². The molecule has 0 aromatic rings. The van der Waals surface area contributed by atoms with E-state index in [9.17, 15) is 19.0 Å². The largest absolute Gasteiger partial charge is 0.472 e. The molecule has 1 N–H and O–H groups in total. The number of rotatable bonds is 36. The maximum Gasteiger partial charge on any atom is 0.472 e. The molecule has 0 heterocycles. The van der Waals surface area contributed by atoms with E-state index in [-0.39, 0.29) is 26.1 Å². The third-order valence-electron chi connectivity index (χ3n) is 7.99. The van der Waals surface area contributed by atoms with Crippen LogP contribution in [0.25, 0.3) is 0 Å². The highest BCUT2D eigenvalue weighted by Gasteiger charge is 2.27. The Balaban J connectivity index is 4.61. The van der Waals surface area contributed by atoms with Crippen molar-refractivity contribution in [3.8, 4) is 0 Å². The van der Waals surface area contributed by atoms with Crippen LogP contribution in [-0.2, 0) is 32.7 Å². The molecule has 58 heavy (non-hydrogen) atoms. The molecule has 0 aromatic carbocycles. The SMILES string of the molecule is CC/C=C\C/C=C\C/C=C\C/C=C\C/C=C\CCCC(=O)OCC(COP(=O)(O)OCC[N+](C)(C)C)OC(=O)CCC/C=C\C/C=C\C/C=C\C/C=C\C/C=C\CC. The van der Waals surface area contributed by atoms with Gasteiger partial charge in [0.15, 0.2) is 6.10 Å². The summed E-state index contributed by atoms with van der Waals surface area (Å²) in [5, 5.41) is 0. The maximum atomic E-state index is 12.7. The molecule has 2 atom stereocenters. The van der Waals surface area contributed by atoms with Crippen molar-refractivity contribution in [2.24, 2.45) is 0 Å². The highest BCUT2D eigenvalue weighted by Crippen LogP contribution is 2.43. The second-order valence-electron chi connectivity index (χ2n) is 14.6. The fraction of sp³-hybridized carbons (Fsp3) is 0.542. The van der Waals surface area contributed by atoms with Gasteiger partial charge in [0.1, 0.15) is 19.8 Å². The zero-order valence-corrected chi connectivity index (χ0v) is 37.4. The molecule has 9 nitrogen and oxygen atoms in total. The van der Waals surface area contributed by atoms with Gasteiger partial charge in [0.25, 0.3) is 0 Å². The van der Waals surface area contributed by atoms with Crippen LogP contribution in [0.2, 0.25) is 0 Å². The number of carbonyl (C=O) groups excluding carboxylic acids is 2. The van der Waals surface area contributed by atoms with E-state index in [2.05, 4.69) is 123 Å². The van der Waals surface area contributed by atoms with E-state index < -0.39 is 32.5 Å². The standard InChI is InChI=1S/C48H76NO8P/c1-6-8-10-12-14-16-18-20-22-24-26-28-30-32-34-36-38-40-47(50)54-44-46(45-56-58(52,53)55-43-42-49(3,4)5)57-48(51)41-39-37-35-33-31-29-27-25-23-21-19-17-15-13-11-9-7-2/h8-11,14-17,20-23,26-29,32-35,46H,6-7,12-13,18-19,24-25,30-31,36-45H2,1-5H3/p+1/b10-8-,11-9-,16-14-,17-15-,22-20-,23-21-,28-26-,29-27-,34-32-,35-33-. The summed E-state index contributed by atoms with van der Waals surface area (Å²) in [5.74, 6) is -0.952. The van der Waals surface area contributed by atoms with Gasteiger partial charge in [0, 0.05) is 12.8 Å². The third kappa shape index (κ3) is 42.0. The van der Waals surface area contributed by atoms with Gasteiger partial charge in [0.05, 0.1) is 27.7 Å². The summed E-state index contributed by atoms with van der Waals surface area (Å²) in [5.41, 5.74) is 0. The molecule has 0 aliphatic carbocycles. The van der Waals surface area contributed by atoms with Crippen LogP contribution in [0, 0.1) is 0 Å². The van der Waals surface area contributed by atoms with E-state index in [4.69, 9.17) is 18.5 Å². The van der Waals surface area contributed by atoms with Gasteiger partial charge in [-0.1, -0.05) is 135 Å². The van der Waals surface area contributed by atoms with Gasteiger partial charge in [-0.2, -0.15) is 0 Å². The van der Waals surface area contributed by atoms with Crippen LogP contribution in [0.4, 0.5) is 0 Å². The summed E-state index contributed by atoms with van der Waals surface area (Å²) < 4.78 is 34.1. The number of phosphoric acid groups is 1. The maximum absolute atomic E-state index is 12.7. The van der Waals surface area contributed by atoms with Crippen LogP contribution in [0.15, 0.2) is 122 Å². The molecule has 2 unspecified atom stereocenters. The number of quaternary nitrogens is 1. The number of esters is 2. The number of ether oxygens (including phenoxy) is 2. The van der Waals surface area contributed by atoms with Crippen molar-refractivity contribution in [1.29, 1.82) is 0 Å². The Morgan fingerprint density at radius 2 is 0.897 bits per heavy atom. The lowest BCUT2D eigenvalue weighted by Crippen LogP contribution is -2.37. The number of allylic oxidation sites excluding steroid dienone is 20. The Morgan fingerprint density at radius 1 is 0.534 bits per heavy atom. The Labute approximate surface area is 352 Å². The van der Waals surface area contributed by atoms with Gasteiger partial charge in [-0.25, -0.2) is 4.57 Å². The number of hydrogen-bond donors (Lipinski definition) is 1. The zero-order chi connectivity index (χ0) is 42.8. The van der Waals surface area contributed by atoms with E-state index in [0.717, 1.165) is 70.6 Å². The third-order valence-corrected chi connectivity index (χ3v) is 8.97. The Kier molecular flexibility index (Phi) is 36.5. The lowest BCUT2D eigenvalue weighted by molar-refractivity contribution is -0.870. The van der Waals surface area contributed by atoms with E-state index in [1.165, 1.54) is 0 Å². The van der Waals surface area contributed by atoms with Crippen LogP contribution in [0.5, 0.6) is 0 Å². The first-order chi connectivity index (χ1) is 28.0. The Morgan fingerprint density at radius 3 is 1.28 bits per heavy atom. The van der Waals surface area contributed by atoms with Crippen molar-refractivity contribution in [2.45, 2.75) is 123 Å². The average Bonchev–Trinajstić information content (AvgIpc) is 3.17. The number of hydrogen-bond acceptors (Lipinski definition) is 7. The molecule has 0 fully saturated rings. The summed E-state index contributed by atoms with van der Waals surface area (Å²) >= 11 is 0. The molecule has 0 aliphatic rings. The van der Waals surface area contributed by atoms with Crippen molar-refractivity contribution < 1.29 is 42.1 Å². The molecule has 326 valence electrons. The van der Waals surface area contributed by atoms with Gasteiger partial charge in [-0.3, -0.25) is 18.6 Å². The summed E-state index contributed by atoms with van der Waals surface area (Å²) in [7, 11) is 1.38. The molecule has 0 saturated carbocycles. The molecule has 0 radical (unpaired) electrons. The fourth-order valence-electron chi connectivity index (χ4n) is 4.73. The molecule has 0 aromatic heterocycles. The zero-order valence-electron chi connectivity index (χ0n) is 36.5. The van der Waals surface area contributed by atoms with Crippen LogP contribution in [0.1, 0.15) is 117 Å². The van der Waals surface area contributed by atoms with Crippen LogP contribution in [0.3, 0.4) is 0 Å². The Hall–Kier alpha value is -3.59. The minimum absolute atomic E-state index is 0.00437. The first kappa shape index (κ1) is 54.4. The highest BCUT2D eigenvalue weighted by molar-refractivity contribution is 7.47. The number of carbonyl (C=O) groups is 2. The second-order valence-corrected chi connectivity index (χ2v) is 16.1. The topological polar surface area (TPSA) is 108 Å². The molecule has 0 saturated heterocycles. The monoisotopic (exact) mass is 827 g/mol. The van der Waals surface area contributed by atoms with Crippen molar-refractivity contribution >= 4 is 19.8 Å². The molecule has 0 bridgehead atoms. The van der Waals surface area contributed by atoms with Crippen molar-refractivity contribution in [2.75, 3.05) is 47.5 Å². The molecule has 0 spiro atoms. The minimum Gasteiger partial charge on any atom is -0.462 e. The van der Waals surface area contributed by atoms with Gasteiger partial charge < -0.3 is 18.9 Å². The molecule has 0 rings (SSSR count). The highest BCUT2D eigenvalue weighted by atomic mass is 31.2. The van der Waals surface area contributed by atoms with Crippen LogP contribution in [-0.4, -0.2) is 74.9 Å².